The molecule has 104 valence electrons. The van der Waals surface area contributed by atoms with Gasteiger partial charge in [-0.25, -0.2) is 4.79 Å². The second kappa shape index (κ2) is 5.71. The second-order valence-electron chi connectivity index (χ2n) is 4.07. The zero-order valence-corrected chi connectivity index (χ0v) is 11.0. The van der Waals surface area contributed by atoms with Crippen molar-refractivity contribution in [2.24, 2.45) is 0 Å². The van der Waals surface area contributed by atoms with Crippen LogP contribution >= 0.6 is 11.6 Å². The van der Waals surface area contributed by atoms with Crippen molar-refractivity contribution in [1.82, 2.24) is 0 Å². The van der Waals surface area contributed by atoms with Gasteiger partial charge in [0.1, 0.15) is 6.61 Å². The number of hydrogen-bond donors (Lipinski definition) is 3. The highest BCUT2D eigenvalue weighted by molar-refractivity contribution is 6.30. The van der Waals surface area contributed by atoms with Crippen LogP contribution in [0.3, 0.4) is 0 Å². The maximum Gasteiger partial charge on any atom is 0.338 e. The second-order valence-corrected chi connectivity index (χ2v) is 4.50. The number of aromatic hydroxyl groups is 3. The van der Waals surface area contributed by atoms with Crippen LogP contribution in [0.1, 0.15) is 15.9 Å². The SMILES string of the molecule is O=C(OCc1ccc(Cl)cc1)c1cc(O)c(O)c(O)c1. The number of phenolic OH excluding ortho intramolecular Hbond substituents is 3. The molecule has 2 aromatic carbocycles. The molecule has 2 rings (SSSR count). The number of hydrogen-bond acceptors (Lipinski definition) is 5. The number of ether oxygens (including phenoxy) is 1. The summed E-state index contributed by atoms with van der Waals surface area (Å²) in [4.78, 5) is 11.7. The van der Waals surface area contributed by atoms with Crippen LogP contribution in [0.15, 0.2) is 36.4 Å². The van der Waals surface area contributed by atoms with Gasteiger partial charge < -0.3 is 20.1 Å². The highest BCUT2D eigenvalue weighted by Crippen LogP contribution is 2.35. The van der Waals surface area contributed by atoms with E-state index >= 15 is 0 Å². The molecule has 0 unspecified atom stereocenters. The summed E-state index contributed by atoms with van der Waals surface area (Å²) in [6.07, 6.45) is 0. The van der Waals surface area contributed by atoms with Crippen molar-refractivity contribution in [3.05, 3.63) is 52.5 Å². The standard InChI is InChI=1S/C14H11ClO5/c15-10-3-1-8(2-4-10)7-20-14(19)9-5-11(16)13(18)12(17)6-9/h1-6,16-18H,7H2. The molecule has 0 aromatic heterocycles. The van der Waals surface area contributed by atoms with Gasteiger partial charge in [-0.05, 0) is 29.8 Å². The summed E-state index contributed by atoms with van der Waals surface area (Å²) in [5.74, 6) is -2.60. The molecule has 0 amide bonds. The number of phenols is 3. The summed E-state index contributed by atoms with van der Waals surface area (Å²) in [5, 5.41) is 28.4. The van der Waals surface area contributed by atoms with E-state index in [4.69, 9.17) is 16.3 Å². The number of carbonyl (C=O) groups excluding carboxylic acids is 1. The van der Waals surface area contributed by atoms with Crippen LogP contribution in [-0.2, 0) is 11.3 Å². The third-order valence-corrected chi connectivity index (χ3v) is 2.84. The number of halogens is 1. The van der Waals surface area contributed by atoms with E-state index < -0.39 is 23.2 Å². The minimum atomic E-state index is -0.731. The molecule has 0 atom stereocenters. The molecule has 5 nitrogen and oxygen atoms in total. The van der Waals surface area contributed by atoms with E-state index in [0.29, 0.717) is 5.02 Å². The Bertz CT molecular complexity index is 614. The van der Waals surface area contributed by atoms with Crippen molar-refractivity contribution in [3.8, 4) is 17.2 Å². The summed E-state index contributed by atoms with van der Waals surface area (Å²) in [7, 11) is 0. The predicted octanol–water partition coefficient (Wildman–Crippen LogP) is 2.81. The number of esters is 1. The molecule has 0 spiro atoms. The van der Waals surface area contributed by atoms with Crippen molar-refractivity contribution in [1.29, 1.82) is 0 Å². The fraction of sp³-hybridized carbons (Fsp3) is 0.0714. The van der Waals surface area contributed by atoms with Crippen molar-refractivity contribution < 1.29 is 24.9 Å². The fourth-order valence-corrected chi connectivity index (χ4v) is 1.66. The number of rotatable bonds is 3. The van der Waals surface area contributed by atoms with E-state index in [-0.39, 0.29) is 12.2 Å². The van der Waals surface area contributed by atoms with E-state index in [1.807, 2.05) is 0 Å². The van der Waals surface area contributed by atoms with Gasteiger partial charge >= 0.3 is 5.97 Å². The summed E-state index contributed by atoms with van der Waals surface area (Å²) >= 11 is 5.73. The maximum atomic E-state index is 11.7. The molecule has 0 bridgehead atoms. The smallest absolute Gasteiger partial charge is 0.338 e. The molecule has 0 aliphatic heterocycles. The Balaban J connectivity index is 2.07. The molecular weight excluding hydrogens is 284 g/mol. The highest BCUT2D eigenvalue weighted by atomic mass is 35.5. The average molecular weight is 295 g/mol. The Hall–Kier alpha value is -2.40. The van der Waals surface area contributed by atoms with Crippen molar-refractivity contribution in [3.63, 3.8) is 0 Å². The summed E-state index contributed by atoms with van der Waals surface area (Å²) in [5.41, 5.74) is 0.682. The van der Waals surface area contributed by atoms with Crippen LogP contribution in [0.25, 0.3) is 0 Å². The highest BCUT2D eigenvalue weighted by Gasteiger charge is 2.14. The first-order chi connectivity index (χ1) is 9.47. The van der Waals surface area contributed by atoms with Crippen LogP contribution in [-0.4, -0.2) is 21.3 Å². The monoisotopic (exact) mass is 294 g/mol. The maximum absolute atomic E-state index is 11.7. The molecule has 0 saturated carbocycles. The van der Waals surface area contributed by atoms with E-state index in [1.165, 1.54) is 0 Å². The molecule has 0 aliphatic rings. The largest absolute Gasteiger partial charge is 0.504 e. The molecule has 6 heteroatoms. The predicted molar refractivity (Wildman–Crippen MR) is 72.0 cm³/mol. The van der Waals surface area contributed by atoms with Gasteiger partial charge in [-0.1, -0.05) is 23.7 Å². The summed E-state index contributed by atoms with van der Waals surface area (Å²) in [6.45, 7) is 0.0262. The van der Waals surface area contributed by atoms with E-state index in [0.717, 1.165) is 17.7 Å². The first-order valence-corrected chi connectivity index (χ1v) is 6.01. The molecule has 0 radical (unpaired) electrons. The van der Waals surface area contributed by atoms with E-state index in [9.17, 15) is 20.1 Å². The van der Waals surface area contributed by atoms with Crippen molar-refractivity contribution >= 4 is 17.6 Å². The van der Waals surface area contributed by atoms with Crippen LogP contribution in [0.4, 0.5) is 0 Å². The van der Waals surface area contributed by atoms with Crippen LogP contribution < -0.4 is 0 Å². The molecule has 3 N–H and O–H groups in total. The zero-order chi connectivity index (χ0) is 14.7. The minimum Gasteiger partial charge on any atom is -0.504 e. The number of carbonyl (C=O) groups is 1. The Kier molecular flexibility index (Phi) is 4.00. The first-order valence-electron chi connectivity index (χ1n) is 5.64. The third-order valence-electron chi connectivity index (χ3n) is 2.59. The lowest BCUT2D eigenvalue weighted by atomic mass is 10.2. The van der Waals surface area contributed by atoms with Gasteiger partial charge in [-0.3, -0.25) is 0 Å². The molecular formula is C14H11ClO5. The molecule has 0 fully saturated rings. The first kappa shape index (κ1) is 14.0. The van der Waals surface area contributed by atoms with Crippen molar-refractivity contribution in [2.45, 2.75) is 6.61 Å². The lowest BCUT2D eigenvalue weighted by Gasteiger charge is -2.07. The Morgan fingerprint density at radius 2 is 1.60 bits per heavy atom. The van der Waals surface area contributed by atoms with E-state index in [1.54, 1.807) is 24.3 Å². The topological polar surface area (TPSA) is 87.0 Å². The van der Waals surface area contributed by atoms with Gasteiger partial charge in [0.15, 0.2) is 17.2 Å². The van der Waals surface area contributed by atoms with Gasteiger partial charge in [0.2, 0.25) is 0 Å². The quantitative estimate of drug-likeness (QED) is 0.598. The molecule has 2 aromatic rings. The van der Waals surface area contributed by atoms with Gasteiger partial charge in [0, 0.05) is 5.02 Å². The third kappa shape index (κ3) is 3.13. The molecule has 20 heavy (non-hydrogen) atoms. The normalized spacial score (nSPS) is 10.2. The van der Waals surface area contributed by atoms with E-state index in [2.05, 4.69) is 0 Å². The fourth-order valence-electron chi connectivity index (χ4n) is 1.53. The summed E-state index contributed by atoms with van der Waals surface area (Å²) in [6, 6.07) is 8.78. The van der Waals surface area contributed by atoms with Crippen LogP contribution in [0.2, 0.25) is 5.02 Å². The summed E-state index contributed by atoms with van der Waals surface area (Å²) < 4.78 is 5.02. The minimum absolute atomic E-state index is 0.0262. The molecule has 0 aliphatic carbocycles. The lowest BCUT2D eigenvalue weighted by Crippen LogP contribution is -2.05. The zero-order valence-electron chi connectivity index (χ0n) is 10.2. The number of benzene rings is 2. The van der Waals surface area contributed by atoms with Crippen molar-refractivity contribution in [2.75, 3.05) is 0 Å². The van der Waals surface area contributed by atoms with Gasteiger partial charge in [0.25, 0.3) is 0 Å². The Morgan fingerprint density at radius 3 is 2.15 bits per heavy atom. The van der Waals surface area contributed by atoms with Crippen LogP contribution in [0, 0.1) is 0 Å². The Labute approximate surface area is 119 Å². The molecule has 0 saturated heterocycles. The van der Waals surface area contributed by atoms with Crippen LogP contribution in [0.5, 0.6) is 17.2 Å². The van der Waals surface area contributed by atoms with Gasteiger partial charge in [-0.2, -0.15) is 0 Å². The van der Waals surface area contributed by atoms with Gasteiger partial charge in [0.05, 0.1) is 5.56 Å². The molecule has 0 heterocycles. The lowest BCUT2D eigenvalue weighted by molar-refractivity contribution is 0.0471. The Morgan fingerprint density at radius 1 is 1.05 bits per heavy atom. The van der Waals surface area contributed by atoms with Gasteiger partial charge in [-0.15, -0.1) is 0 Å². The average Bonchev–Trinajstić information content (AvgIpc) is 2.43.